The van der Waals surface area contributed by atoms with Crippen molar-refractivity contribution in [3.05, 3.63) is 59.7 Å². The minimum absolute atomic E-state index is 0.138. The third-order valence-electron chi connectivity index (χ3n) is 5.47. The lowest BCUT2D eigenvalue weighted by atomic mass is 9.92. The molecule has 0 aromatic heterocycles. The summed E-state index contributed by atoms with van der Waals surface area (Å²) in [4.78, 5) is 24.4. The van der Waals surface area contributed by atoms with Crippen LogP contribution in [0.1, 0.15) is 44.7 Å². The number of alkyl carbamates (subject to hydrolysis) is 1. The summed E-state index contributed by atoms with van der Waals surface area (Å²) in [6, 6.07) is 12.7. The van der Waals surface area contributed by atoms with Crippen LogP contribution in [-0.2, 0) is 35.0 Å². The Hall–Kier alpha value is -3.11. The molecule has 2 aromatic rings. The van der Waals surface area contributed by atoms with Crippen molar-refractivity contribution in [2.45, 2.75) is 75.7 Å². The molecule has 0 spiro atoms. The fourth-order valence-electron chi connectivity index (χ4n) is 3.55. The molecule has 0 aliphatic heterocycles. The van der Waals surface area contributed by atoms with E-state index in [1.807, 2.05) is 6.92 Å². The monoisotopic (exact) mass is 519 g/mol. The number of ether oxygens (including phenoxy) is 3. The molecule has 2 aromatic carbocycles. The van der Waals surface area contributed by atoms with Crippen molar-refractivity contribution in [3.63, 3.8) is 0 Å². The lowest BCUT2D eigenvalue weighted by Crippen LogP contribution is -2.45. The first-order valence-corrected chi connectivity index (χ1v) is 13.1. The molecule has 1 aliphatic rings. The highest BCUT2D eigenvalue weighted by Gasteiger charge is 2.36. The highest BCUT2D eigenvalue weighted by atomic mass is 32.2. The zero-order chi connectivity index (χ0) is 26.5. The van der Waals surface area contributed by atoms with E-state index in [9.17, 15) is 18.0 Å². The Kier molecular flexibility index (Phi) is 8.63. The van der Waals surface area contributed by atoms with Gasteiger partial charge in [-0.2, -0.15) is 8.42 Å². The van der Waals surface area contributed by atoms with Gasteiger partial charge in [0.25, 0.3) is 10.1 Å². The predicted octanol–water partition coefficient (Wildman–Crippen LogP) is 3.92. The van der Waals surface area contributed by atoms with Crippen molar-refractivity contribution in [2.24, 2.45) is 0 Å². The minimum atomic E-state index is -3.81. The Morgan fingerprint density at radius 1 is 1.00 bits per heavy atom. The summed E-state index contributed by atoms with van der Waals surface area (Å²) in [5.74, 6) is 0.0283. The van der Waals surface area contributed by atoms with E-state index in [2.05, 4.69) is 5.32 Å². The molecule has 1 N–H and O–H groups in total. The number of carbonyl (C=O) groups is 2. The topological polar surface area (TPSA) is 117 Å². The second-order valence-corrected chi connectivity index (χ2v) is 11.3. The quantitative estimate of drug-likeness (QED) is 0.391. The first-order chi connectivity index (χ1) is 16.8. The summed E-state index contributed by atoms with van der Waals surface area (Å²) in [6.07, 6.45) is -0.175. The van der Waals surface area contributed by atoms with Gasteiger partial charge in [-0.05, 0) is 57.5 Å². The maximum Gasteiger partial charge on any atom is 0.408 e. The van der Waals surface area contributed by atoms with Crippen LogP contribution in [0.2, 0.25) is 0 Å². The van der Waals surface area contributed by atoms with Gasteiger partial charge in [-0.25, -0.2) is 9.59 Å². The van der Waals surface area contributed by atoms with Crippen LogP contribution in [-0.4, -0.2) is 51.4 Å². The van der Waals surface area contributed by atoms with Crippen molar-refractivity contribution in [1.29, 1.82) is 0 Å². The van der Waals surface area contributed by atoms with E-state index in [4.69, 9.17) is 18.4 Å². The van der Waals surface area contributed by atoms with E-state index in [1.165, 1.54) is 19.2 Å². The van der Waals surface area contributed by atoms with Crippen LogP contribution in [0.5, 0.6) is 5.75 Å². The number of nitrogens with one attached hydrogen (secondary N) is 1. The first-order valence-electron chi connectivity index (χ1n) is 11.7. The summed E-state index contributed by atoms with van der Waals surface area (Å²) in [7, 11) is -2.56. The third kappa shape index (κ3) is 7.96. The van der Waals surface area contributed by atoms with Crippen molar-refractivity contribution in [3.8, 4) is 5.75 Å². The average molecular weight is 520 g/mol. The van der Waals surface area contributed by atoms with Crippen LogP contribution in [0.25, 0.3) is 0 Å². The number of esters is 1. The van der Waals surface area contributed by atoms with Gasteiger partial charge < -0.3 is 19.5 Å². The molecule has 0 saturated heterocycles. The van der Waals surface area contributed by atoms with E-state index in [0.29, 0.717) is 18.6 Å². The molecular formula is C26H33NO8S. The van der Waals surface area contributed by atoms with E-state index < -0.39 is 39.9 Å². The standard InChI is InChI=1S/C26H33NO8S/c1-17-6-12-22(13-7-17)36(30,31)35-21-15-20(16-21)33-19-10-8-18(9-11-19)14-23(24(28)32-5)27-25(29)34-26(2,3)4/h6-13,20-21,23H,14-16H2,1-5H3,(H,27,29)/t20?,21?,23-/m0/s1. The van der Waals surface area contributed by atoms with Gasteiger partial charge in [-0.15, -0.1) is 0 Å². The molecule has 1 atom stereocenters. The lowest BCUT2D eigenvalue weighted by molar-refractivity contribution is -0.143. The van der Waals surface area contributed by atoms with Crippen LogP contribution in [0.3, 0.4) is 0 Å². The number of amides is 1. The molecule has 0 unspecified atom stereocenters. The molecule has 1 fully saturated rings. The highest BCUT2D eigenvalue weighted by molar-refractivity contribution is 7.86. The van der Waals surface area contributed by atoms with E-state index in [0.717, 1.165) is 11.1 Å². The number of aryl methyl sites for hydroxylation is 1. The van der Waals surface area contributed by atoms with Gasteiger partial charge in [-0.3, -0.25) is 4.18 Å². The second-order valence-electron chi connectivity index (χ2n) is 9.77. The van der Waals surface area contributed by atoms with Gasteiger partial charge in [-0.1, -0.05) is 29.8 Å². The molecule has 10 heteroatoms. The van der Waals surface area contributed by atoms with Gasteiger partial charge in [0.05, 0.1) is 18.1 Å². The largest absolute Gasteiger partial charge is 0.490 e. The number of benzene rings is 2. The van der Waals surface area contributed by atoms with Gasteiger partial charge in [0.2, 0.25) is 0 Å². The molecule has 196 valence electrons. The van der Waals surface area contributed by atoms with E-state index in [-0.39, 0.29) is 17.4 Å². The maximum atomic E-state index is 12.4. The van der Waals surface area contributed by atoms with Crippen LogP contribution in [0.4, 0.5) is 4.79 Å². The third-order valence-corrected chi connectivity index (χ3v) is 6.84. The van der Waals surface area contributed by atoms with Crippen LogP contribution in [0.15, 0.2) is 53.4 Å². The Bertz CT molecular complexity index is 1150. The van der Waals surface area contributed by atoms with Gasteiger partial charge in [0.15, 0.2) is 0 Å². The normalized spacial score (nSPS) is 18.5. The van der Waals surface area contributed by atoms with E-state index >= 15 is 0 Å². The lowest BCUT2D eigenvalue weighted by Gasteiger charge is -2.34. The van der Waals surface area contributed by atoms with Crippen molar-refractivity contribution in [2.75, 3.05) is 7.11 Å². The Balaban J connectivity index is 1.50. The smallest absolute Gasteiger partial charge is 0.408 e. The Labute approximate surface area is 212 Å². The number of methoxy groups -OCH3 is 1. The Morgan fingerprint density at radius 2 is 1.61 bits per heavy atom. The molecule has 1 amide bonds. The van der Waals surface area contributed by atoms with Gasteiger partial charge in [0.1, 0.15) is 23.5 Å². The van der Waals surface area contributed by atoms with Crippen LogP contribution < -0.4 is 10.1 Å². The average Bonchev–Trinajstić information content (AvgIpc) is 2.76. The molecule has 36 heavy (non-hydrogen) atoms. The number of hydrogen-bond acceptors (Lipinski definition) is 8. The molecule has 9 nitrogen and oxygen atoms in total. The van der Waals surface area contributed by atoms with Gasteiger partial charge >= 0.3 is 12.1 Å². The maximum absolute atomic E-state index is 12.4. The summed E-state index contributed by atoms with van der Waals surface area (Å²) in [5, 5.41) is 2.55. The van der Waals surface area contributed by atoms with E-state index in [1.54, 1.807) is 57.2 Å². The highest BCUT2D eigenvalue weighted by Crippen LogP contribution is 2.31. The van der Waals surface area contributed by atoms with Crippen LogP contribution in [0, 0.1) is 6.92 Å². The fraction of sp³-hybridized carbons (Fsp3) is 0.462. The van der Waals surface area contributed by atoms with Crippen molar-refractivity contribution >= 4 is 22.2 Å². The van der Waals surface area contributed by atoms with Crippen molar-refractivity contribution < 1.29 is 36.4 Å². The SMILES string of the molecule is COC(=O)[C@H](Cc1ccc(OC2CC(OS(=O)(=O)c3ccc(C)cc3)C2)cc1)NC(=O)OC(C)(C)C. The molecule has 0 heterocycles. The second kappa shape index (κ2) is 11.3. The van der Waals surface area contributed by atoms with Crippen molar-refractivity contribution in [1.82, 2.24) is 5.32 Å². The number of hydrogen-bond donors (Lipinski definition) is 1. The number of rotatable bonds is 9. The summed E-state index contributed by atoms with van der Waals surface area (Å²) in [5.41, 5.74) is 1.06. The van der Waals surface area contributed by atoms with Crippen LogP contribution >= 0.6 is 0 Å². The Morgan fingerprint density at radius 3 is 2.17 bits per heavy atom. The summed E-state index contributed by atoms with van der Waals surface area (Å²) in [6.45, 7) is 7.09. The minimum Gasteiger partial charge on any atom is -0.490 e. The molecule has 1 aliphatic carbocycles. The zero-order valence-electron chi connectivity index (χ0n) is 21.1. The number of carbonyl (C=O) groups excluding carboxylic acids is 2. The molecule has 0 radical (unpaired) electrons. The first kappa shape index (κ1) is 27.5. The zero-order valence-corrected chi connectivity index (χ0v) is 22.0. The van der Waals surface area contributed by atoms with Gasteiger partial charge in [0, 0.05) is 19.3 Å². The molecule has 1 saturated carbocycles. The molecule has 0 bridgehead atoms. The predicted molar refractivity (Wildman–Crippen MR) is 132 cm³/mol. The molecule has 3 rings (SSSR count). The summed E-state index contributed by atoms with van der Waals surface area (Å²) < 4.78 is 46.1. The molecular weight excluding hydrogens is 486 g/mol. The summed E-state index contributed by atoms with van der Waals surface area (Å²) >= 11 is 0. The fourth-order valence-corrected chi connectivity index (χ4v) is 4.65.